The third-order valence-electron chi connectivity index (χ3n) is 16.2. The van der Waals surface area contributed by atoms with Crippen LogP contribution in [0.5, 0.6) is 0 Å². The fraction of sp³-hybridized carbons (Fsp3) is 0.396. The molecule has 286 valence electrons. The number of rotatable bonds is 1. The van der Waals surface area contributed by atoms with Crippen molar-refractivity contribution in [1.29, 1.82) is 0 Å². The predicted molar refractivity (Wildman–Crippen MR) is 240 cm³/mol. The number of nitrogens with zero attached hydrogens (tertiary/aromatic N) is 2. The minimum Gasteiger partial charge on any atom is -0.468 e. The maximum Gasteiger partial charge on any atom is 0.297 e. The summed E-state index contributed by atoms with van der Waals surface area (Å²) in [6, 6.07) is 36.1. The van der Waals surface area contributed by atoms with E-state index in [2.05, 4.69) is 156 Å². The first-order valence-electron chi connectivity index (χ1n) is 22.0. The molecule has 5 aromatic carbocycles. The number of hydrogen-bond donors (Lipinski definition) is 0. The van der Waals surface area contributed by atoms with Gasteiger partial charge in [0.15, 0.2) is 0 Å². The Morgan fingerprint density at radius 2 is 1.30 bits per heavy atom. The Morgan fingerprint density at radius 3 is 2.09 bits per heavy atom. The second-order valence-electron chi connectivity index (χ2n) is 21.1. The topological polar surface area (TPSA) is 19.6 Å². The van der Waals surface area contributed by atoms with Crippen LogP contribution in [-0.2, 0) is 21.7 Å². The highest BCUT2D eigenvalue weighted by Crippen LogP contribution is 2.64. The molecule has 3 aliphatic heterocycles. The molecule has 0 amide bonds. The summed E-state index contributed by atoms with van der Waals surface area (Å²) in [4.78, 5) is 5.57. The quantitative estimate of drug-likeness (QED) is 0.156. The van der Waals surface area contributed by atoms with E-state index in [0.29, 0.717) is 0 Å². The van der Waals surface area contributed by atoms with Gasteiger partial charge in [-0.1, -0.05) is 135 Å². The van der Waals surface area contributed by atoms with Gasteiger partial charge in [-0.3, -0.25) is 0 Å². The number of furan rings is 1. The van der Waals surface area contributed by atoms with E-state index < -0.39 is 0 Å². The molecule has 0 N–H and O–H groups in total. The Hall–Kier alpha value is -4.70. The number of para-hydroxylation sites is 1. The molecular formula is C53H55BN2O. The zero-order chi connectivity index (χ0) is 39.0. The molecule has 3 nitrogen and oxygen atoms in total. The number of fused-ring (bicyclic) bond motifs is 14. The van der Waals surface area contributed by atoms with Crippen molar-refractivity contribution in [3.8, 4) is 11.1 Å². The fourth-order valence-electron chi connectivity index (χ4n) is 13.1. The highest BCUT2D eigenvalue weighted by molar-refractivity contribution is 7.00. The summed E-state index contributed by atoms with van der Waals surface area (Å²) in [5.41, 5.74) is 21.8. The molecule has 57 heavy (non-hydrogen) atoms. The van der Waals surface area contributed by atoms with Crippen LogP contribution in [-0.4, -0.2) is 12.3 Å². The minimum atomic E-state index is -0.0553. The van der Waals surface area contributed by atoms with Crippen LogP contribution in [0.2, 0.25) is 0 Å². The van der Waals surface area contributed by atoms with E-state index in [1.165, 1.54) is 135 Å². The van der Waals surface area contributed by atoms with Gasteiger partial charge < -0.3 is 14.2 Å². The van der Waals surface area contributed by atoms with Crippen molar-refractivity contribution in [2.75, 3.05) is 9.80 Å². The van der Waals surface area contributed by atoms with Crippen LogP contribution in [0.25, 0.3) is 22.1 Å². The molecule has 1 aromatic heterocycles. The average Bonchev–Trinajstić information content (AvgIpc) is 3.94. The van der Waals surface area contributed by atoms with Gasteiger partial charge in [0.1, 0.15) is 5.58 Å². The minimum absolute atomic E-state index is 0.00309. The summed E-state index contributed by atoms with van der Waals surface area (Å²) in [6.45, 7) is 19.4. The van der Waals surface area contributed by atoms with E-state index in [9.17, 15) is 0 Å². The number of hydrogen-bond acceptors (Lipinski definition) is 3. The van der Waals surface area contributed by atoms with E-state index in [1.807, 2.05) is 0 Å². The largest absolute Gasteiger partial charge is 0.468 e. The molecule has 0 bridgehead atoms. The smallest absolute Gasteiger partial charge is 0.297 e. The van der Waals surface area contributed by atoms with E-state index in [1.54, 1.807) is 0 Å². The molecule has 0 saturated heterocycles. The molecule has 3 aliphatic carbocycles. The Labute approximate surface area is 339 Å². The number of benzene rings is 5. The van der Waals surface area contributed by atoms with Gasteiger partial charge in [-0.2, -0.15) is 0 Å². The summed E-state index contributed by atoms with van der Waals surface area (Å²) in [7, 11) is 0. The van der Waals surface area contributed by atoms with Crippen LogP contribution in [0.3, 0.4) is 0 Å². The summed E-state index contributed by atoms with van der Waals surface area (Å²) >= 11 is 0. The zero-order valence-corrected chi connectivity index (χ0v) is 35.2. The zero-order valence-electron chi connectivity index (χ0n) is 35.2. The third kappa shape index (κ3) is 4.11. The lowest BCUT2D eigenvalue weighted by atomic mass is 9.35. The van der Waals surface area contributed by atoms with Crippen LogP contribution in [0, 0.1) is 0 Å². The molecule has 6 aromatic rings. The second kappa shape index (κ2) is 10.9. The highest BCUT2D eigenvalue weighted by Gasteiger charge is 2.62. The first-order valence-corrected chi connectivity index (χ1v) is 22.0. The Balaban J connectivity index is 1.24. The normalized spacial score (nSPS) is 23.4. The van der Waals surface area contributed by atoms with Gasteiger partial charge in [-0.25, -0.2) is 0 Å². The molecule has 0 radical (unpaired) electrons. The van der Waals surface area contributed by atoms with Crippen molar-refractivity contribution in [1.82, 2.24) is 0 Å². The summed E-state index contributed by atoms with van der Waals surface area (Å²) in [5, 5.41) is 1.22. The van der Waals surface area contributed by atoms with E-state index in [-0.39, 0.29) is 33.9 Å². The molecule has 1 spiro atoms. The maximum atomic E-state index is 7.40. The van der Waals surface area contributed by atoms with Gasteiger partial charge >= 0.3 is 0 Å². The summed E-state index contributed by atoms with van der Waals surface area (Å²) in [5.74, 6) is 0. The molecule has 2 saturated carbocycles. The van der Waals surface area contributed by atoms with Crippen molar-refractivity contribution < 1.29 is 4.42 Å². The number of anilines is 5. The lowest BCUT2D eigenvalue weighted by molar-refractivity contribution is 0.195. The van der Waals surface area contributed by atoms with Crippen LogP contribution in [0.1, 0.15) is 135 Å². The Morgan fingerprint density at radius 1 is 0.614 bits per heavy atom. The lowest BCUT2D eigenvalue weighted by Gasteiger charge is -2.52. The molecule has 2 atom stereocenters. The predicted octanol–water partition coefficient (Wildman–Crippen LogP) is 12.2. The van der Waals surface area contributed by atoms with Gasteiger partial charge in [0.25, 0.3) is 6.71 Å². The third-order valence-corrected chi connectivity index (χ3v) is 16.2. The highest BCUT2D eigenvalue weighted by atomic mass is 16.3. The first-order chi connectivity index (χ1) is 27.3. The van der Waals surface area contributed by atoms with E-state index in [4.69, 9.17) is 4.42 Å². The molecule has 6 aliphatic rings. The summed E-state index contributed by atoms with van der Waals surface area (Å²) < 4.78 is 7.40. The monoisotopic (exact) mass is 746 g/mol. The van der Waals surface area contributed by atoms with E-state index in [0.717, 1.165) is 11.2 Å². The SMILES string of the molecule is CC(C)(C)c1cc2c3c(c1)N1c4c(cccc4C4(C)CCCCC14C)B3c1oc3ccc(C(C)(C)C)cc3c1N2c1cccc2c1-c1ccccc1C21CCCC1. The first kappa shape index (κ1) is 34.4. The lowest BCUT2D eigenvalue weighted by Crippen LogP contribution is -2.64. The van der Waals surface area contributed by atoms with Gasteiger partial charge in [0.05, 0.1) is 22.6 Å². The Kier molecular flexibility index (Phi) is 6.55. The molecule has 12 rings (SSSR count). The molecule has 2 fully saturated rings. The average molecular weight is 747 g/mol. The molecule has 4 heteroatoms. The van der Waals surface area contributed by atoms with Gasteiger partial charge in [0.2, 0.25) is 0 Å². The summed E-state index contributed by atoms with van der Waals surface area (Å²) in [6.07, 6.45) is 9.97. The van der Waals surface area contributed by atoms with Crippen LogP contribution < -0.4 is 26.4 Å². The van der Waals surface area contributed by atoms with Gasteiger partial charge in [-0.15, -0.1) is 0 Å². The fourth-order valence-corrected chi connectivity index (χ4v) is 13.1. The van der Waals surface area contributed by atoms with Gasteiger partial charge in [-0.05, 0) is 118 Å². The van der Waals surface area contributed by atoms with Crippen LogP contribution in [0.15, 0.2) is 95.4 Å². The van der Waals surface area contributed by atoms with Crippen LogP contribution >= 0.6 is 0 Å². The van der Waals surface area contributed by atoms with Crippen LogP contribution in [0.4, 0.5) is 28.4 Å². The van der Waals surface area contributed by atoms with Crippen molar-refractivity contribution in [3.63, 3.8) is 0 Å². The standard InChI is InChI=1S/C53H55BN2O/c1-49(2,3)32-23-24-43-35(29-32)46-48(57-43)54-39-21-15-20-38-47(39)56(52(8)26-12-11-25-51(38,52)7)42-31-33(50(4,5)6)30-41(45(42)54)55(46)40-22-16-19-37-44(40)34-17-9-10-18-36(34)53(37)27-13-14-28-53/h9-10,15-24,29-31H,11-14,25-28H2,1-8H3. The Bertz CT molecular complexity index is 2730. The molecule has 2 unspecified atom stereocenters. The van der Waals surface area contributed by atoms with Crippen molar-refractivity contribution in [2.45, 2.75) is 134 Å². The van der Waals surface area contributed by atoms with E-state index >= 15 is 0 Å². The van der Waals surface area contributed by atoms with Crippen molar-refractivity contribution in [2.24, 2.45) is 0 Å². The maximum absolute atomic E-state index is 7.40. The van der Waals surface area contributed by atoms with Crippen molar-refractivity contribution in [3.05, 3.63) is 119 Å². The molecular weight excluding hydrogens is 691 g/mol. The second-order valence-corrected chi connectivity index (χ2v) is 21.1. The molecule has 4 heterocycles. The van der Waals surface area contributed by atoms with Gasteiger partial charge in [0, 0.05) is 38.8 Å². The van der Waals surface area contributed by atoms with Crippen molar-refractivity contribution >= 4 is 62.7 Å².